The largest absolute Gasteiger partial charge is 0.480 e. The van der Waals surface area contributed by atoms with Crippen molar-refractivity contribution < 1.29 is 14.6 Å². The molecule has 0 rings (SSSR count). The molecule has 0 aromatic carbocycles. The zero-order valence-electron chi connectivity index (χ0n) is 7.03. The lowest BCUT2D eigenvalue weighted by atomic mass is 10.3. The highest BCUT2D eigenvalue weighted by atomic mass is 16.5. The topological polar surface area (TPSA) is 72.5 Å². The minimum absolute atomic E-state index is 0.0759. The van der Waals surface area contributed by atoms with Crippen molar-refractivity contribution in [3.63, 3.8) is 0 Å². The van der Waals surface area contributed by atoms with Crippen molar-refractivity contribution >= 4 is 5.97 Å². The first-order valence-corrected chi connectivity index (χ1v) is 3.85. The number of rotatable bonds is 7. The molecule has 0 heterocycles. The van der Waals surface area contributed by atoms with Crippen molar-refractivity contribution in [3.05, 3.63) is 12.7 Å². The normalized spacial score (nSPS) is 12.4. The molecule has 4 heteroatoms. The monoisotopic (exact) mass is 173 g/mol. The molecule has 0 spiro atoms. The maximum absolute atomic E-state index is 10.2. The summed E-state index contributed by atoms with van der Waals surface area (Å²) < 4.78 is 5.01. The van der Waals surface area contributed by atoms with Crippen LogP contribution in [-0.2, 0) is 9.53 Å². The number of hydrogen-bond acceptors (Lipinski definition) is 3. The molecule has 0 radical (unpaired) electrons. The number of carbonyl (C=O) groups is 1. The molecule has 70 valence electrons. The van der Waals surface area contributed by atoms with Crippen molar-refractivity contribution in [3.8, 4) is 0 Å². The zero-order chi connectivity index (χ0) is 9.40. The van der Waals surface area contributed by atoms with Crippen molar-refractivity contribution in [2.75, 3.05) is 13.2 Å². The van der Waals surface area contributed by atoms with Gasteiger partial charge in [-0.25, -0.2) is 0 Å². The summed E-state index contributed by atoms with van der Waals surface area (Å²) in [6, 6.07) is -0.909. The molecule has 0 fully saturated rings. The number of allylic oxidation sites excluding steroid dienone is 1. The van der Waals surface area contributed by atoms with Crippen LogP contribution >= 0.6 is 0 Å². The molecule has 0 amide bonds. The van der Waals surface area contributed by atoms with E-state index in [2.05, 4.69) is 6.58 Å². The second-order valence-electron chi connectivity index (χ2n) is 2.45. The van der Waals surface area contributed by atoms with Gasteiger partial charge in [0.15, 0.2) is 0 Å². The van der Waals surface area contributed by atoms with E-state index in [9.17, 15) is 4.79 Å². The van der Waals surface area contributed by atoms with Gasteiger partial charge in [0.25, 0.3) is 0 Å². The van der Waals surface area contributed by atoms with Crippen LogP contribution in [0.15, 0.2) is 12.7 Å². The van der Waals surface area contributed by atoms with E-state index in [0.717, 1.165) is 12.8 Å². The number of aliphatic carboxylic acids is 1. The summed E-state index contributed by atoms with van der Waals surface area (Å²) >= 11 is 0. The van der Waals surface area contributed by atoms with Crippen LogP contribution in [0.2, 0.25) is 0 Å². The molecule has 0 aromatic heterocycles. The molecule has 0 bridgehead atoms. The van der Waals surface area contributed by atoms with Gasteiger partial charge >= 0.3 is 5.97 Å². The van der Waals surface area contributed by atoms with Crippen molar-refractivity contribution in [2.24, 2.45) is 5.73 Å². The molecule has 0 aliphatic carbocycles. The summed E-state index contributed by atoms with van der Waals surface area (Å²) in [5, 5.41) is 8.36. The van der Waals surface area contributed by atoms with Gasteiger partial charge in [-0.2, -0.15) is 0 Å². The maximum atomic E-state index is 10.2. The van der Waals surface area contributed by atoms with Crippen LogP contribution in [0, 0.1) is 0 Å². The van der Waals surface area contributed by atoms with Crippen molar-refractivity contribution in [1.82, 2.24) is 0 Å². The second kappa shape index (κ2) is 6.82. The number of nitrogens with two attached hydrogens (primary N) is 1. The minimum Gasteiger partial charge on any atom is -0.480 e. The minimum atomic E-state index is -1.03. The highest BCUT2D eigenvalue weighted by Gasteiger charge is 2.10. The van der Waals surface area contributed by atoms with Crippen LogP contribution in [0.5, 0.6) is 0 Å². The standard InChI is InChI=1S/C8H15NO3/c1-2-3-4-5-12-6-7(9)8(10)11/h2,7H,1,3-6,9H2,(H,10,11)/t7-/m0/s1. The maximum Gasteiger partial charge on any atom is 0.322 e. The molecule has 4 nitrogen and oxygen atoms in total. The summed E-state index contributed by atoms with van der Waals surface area (Å²) in [5.74, 6) is -1.03. The highest BCUT2D eigenvalue weighted by molar-refractivity contribution is 5.73. The van der Waals surface area contributed by atoms with E-state index in [1.165, 1.54) is 0 Å². The van der Waals surface area contributed by atoms with Gasteiger partial charge in [0, 0.05) is 6.61 Å². The Hall–Kier alpha value is -0.870. The molecular formula is C8H15NO3. The quantitative estimate of drug-likeness (QED) is 0.431. The fourth-order valence-electron chi connectivity index (χ4n) is 0.611. The summed E-state index contributed by atoms with van der Waals surface area (Å²) in [6.45, 7) is 4.16. The third-order valence-electron chi connectivity index (χ3n) is 1.31. The third kappa shape index (κ3) is 5.88. The number of hydrogen-bond donors (Lipinski definition) is 2. The Morgan fingerprint density at radius 3 is 2.92 bits per heavy atom. The third-order valence-corrected chi connectivity index (χ3v) is 1.31. The van der Waals surface area contributed by atoms with Crippen LogP contribution < -0.4 is 5.73 Å². The molecule has 0 aliphatic heterocycles. The molecule has 0 saturated carbocycles. The molecule has 0 aliphatic rings. The lowest BCUT2D eigenvalue weighted by Gasteiger charge is -2.06. The number of ether oxygens (including phenoxy) is 1. The van der Waals surface area contributed by atoms with E-state index in [1.807, 2.05) is 0 Å². The van der Waals surface area contributed by atoms with Crippen molar-refractivity contribution in [2.45, 2.75) is 18.9 Å². The van der Waals surface area contributed by atoms with Crippen LogP contribution in [0.25, 0.3) is 0 Å². The van der Waals surface area contributed by atoms with Gasteiger partial charge in [0.05, 0.1) is 6.61 Å². The molecule has 1 atom stereocenters. The van der Waals surface area contributed by atoms with Crippen molar-refractivity contribution in [1.29, 1.82) is 0 Å². The van der Waals surface area contributed by atoms with Gasteiger partial charge in [0.2, 0.25) is 0 Å². The first kappa shape index (κ1) is 11.1. The van der Waals surface area contributed by atoms with E-state index in [1.54, 1.807) is 6.08 Å². The highest BCUT2D eigenvalue weighted by Crippen LogP contribution is 1.91. The summed E-state index contributed by atoms with van der Waals surface area (Å²) in [4.78, 5) is 10.2. The van der Waals surface area contributed by atoms with E-state index >= 15 is 0 Å². The van der Waals surface area contributed by atoms with Gasteiger partial charge < -0.3 is 15.6 Å². The Kier molecular flexibility index (Phi) is 6.32. The molecule has 12 heavy (non-hydrogen) atoms. The van der Waals surface area contributed by atoms with Gasteiger partial charge in [-0.3, -0.25) is 4.79 Å². The van der Waals surface area contributed by atoms with Crippen LogP contribution in [-0.4, -0.2) is 30.3 Å². The first-order valence-electron chi connectivity index (χ1n) is 3.85. The van der Waals surface area contributed by atoms with Crippen LogP contribution in [0.3, 0.4) is 0 Å². The summed E-state index contributed by atoms with van der Waals surface area (Å²) in [6.07, 6.45) is 3.53. The number of carboxylic acid groups (broad SMARTS) is 1. The van der Waals surface area contributed by atoms with Gasteiger partial charge in [-0.05, 0) is 12.8 Å². The molecule has 3 N–H and O–H groups in total. The van der Waals surface area contributed by atoms with Gasteiger partial charge in [-0.15, -0.1) is 6.58 Å². The average molecular weight is 173 g/mol. The van der Waals surface area contributed by atoms with E-state index < -0.39 is 12.0 Å². The zero-order valence-corrected chi connectivity index (χ0v) is 7.03. The SMILES string of the molecule is C=CCCCOC[C@H](N)C(=O)O. The van der Waals surface area contributed by atoms with Gasteiger partial charge in [-0.1, -0.05) is 6.08 Å². The lowest BCUT2D eigenvalue weighted by Crippen LogP contribution is -2.34. The fourth-order valence-corrected chi connectivity index (χ4v) is 0.611. The Morgan fingerprint density at radius 2 is 2.42 bits per heavy atom. The molecular weight excluding hydrogens is 158 g/mol. The second-order valence-corrected chi connectivity index (χ2v) is 2.45. The summed E-state index contributed by atoms with van der Waals surface area (Å²) in [5.41, 5.74) is 5.19. The Labute approximate surface area is 72.0 Å². The van der Waals surface area contributed by atoms with Crippen LogP contribution in [0.1, 0.15) is 12.8 Å². The Bertz CT molecular complexity index is 147. The Morgan fingerprint density at radius 1 is 1.75 bits per heavy atom. The number of carboxylic acids is 1. The molecule has 0 unspecified atom stereocenters. The lowest BCUT2D eigenvalue weighted by molar-refractivity contribution is -0.140. The predicted molar refractivity (Wildman–Crippen MR) is 45.9 cm³/mol. The predicted octanol–water partition coefficient (Wildman–Crippen LogP) is 0.381. The van der Waals surface area contributed by atoms with Crippen LogP contribution in [0.4, 0.5) is 0 Å². The summed E-state index contributed by atoms with van der Waals surface area (Å²) in [7, 11) is 0. The fraction of sp³-hybridized carbons (Fsp3) is 0.625. The Balaban J connectivity index is 3.19. The average Bonchev–Trinajstić information content (AvgIpc) is 2.03. The molecule has 0 aromatic rings. The van der Waals surface area contributed by atoms with E-state index in [4.69, 9.17) is 15.6 Å². The van der Waals surface area contributed by atoms with Gasteiger partial charge in [0.1, 0.15) is 6.04 Å². The first-order chi connectivity index (χ1) is 5.68. The van der Waals surface area contributed by atoms with E-state index in [-0.39, 0.29) is 6.61 Å². The smallest absolute Gasteiger partial charge is 0.322 e. The van der Waals surface area contributed by atoms with E-state index in [0.29, 0.717) is 6.61 Å². The molecule has 0 saturated heterocycles. The number of unbranched alkanes of at least 4 members (excludes halogenated alkanes) is 1.